The molecule has 0 spiro atoms. The highest BCUT2D eigenvalue weighted by Crippen LogP contribution is 2.57. The van der Waals surface area contributed by atoms with Gasteiger partial charge in [-0.25, -0.2) is 0 Å². The minimum atomic E-state index is 1.04. The van der Waals surface area contributed by atoms with E-state index >= 15 is 0 Å². The molecular weight excluding hydrogens is 1380 g/mol. The molecule has 0 bridgehead atoms. The molecule has 0 aliphatic carbocycles. The third-order valence-corrected chi connectivity index (χ3v) is 49.7. The molecule has 0 aliphatic rings. The summed E-state index contributed by atoms with van der Waals surface area (Å²) in [6, 6.07) is 0. The van der Waals surface area contributed by atoms with Crippen LogP contribution in [0.15, 0.2) is 0 Å². The van der Waals surface area contributed by atoms with Gasteiger partial charge in [0.25, 0.3) is 0 Å². The Morgan fingerprint density at radius 2 is 0.500 bits per heavy atom. The lowest BCUT2D eigenvalue weighted by Gasteiger charge is -2.04. The molecule has 0 radical (unpaired) electrons. The average Bonchev–Trinajstić information content (AvgIpc) is 3.35. The van der Waals surface area contributed by atoms with Gasteiger partial charge in [0.15, 0.2) is 0 Å². The summed E-state index contributed by atoms with van der Waals surface area (Å²) < 4.78 is 0. The summed E-state index contributed by atoms with van der Waals surface area (Å²) in [6.45, 7) is 2.25. The van der Waals surface area contributed by atoms with Crippen LogP contribution in [0.2, 0.25) is 0 Å². The first-order chi connectivity index (χ1) is 33.9. The molecule has 0 rings (SSSR count). The second-order valence-electron chi connectivity index (χ2n) is 13.6. The van der Waals surface area contributed by atoms with Crippen LogP contribution < -0.4 is 0 Å². The molecule has 0 aromatic carbocycles. The van der Waals surface area contributed by atoms with Crippen LogP contribution in [-0.2, 0) is 0 Å². The second-order valence-corrected chi connectivity index (χ2v) is 53.0. The maximum atomic E-state index is 4.15. The van der Waals surface area contributed by atoms with Gasteiger partial charge in [0.05, 0.1) is 15.3 Å². The van der Waals surface area contributed by atoms with Crippen LogP contribution in [0.4, 0.5) is 0 Å². The summed E-state index contributed by atoms with van der Waals surface area (Å²) in [5.74, 6) is 24.9. The van der Waals surface area contributed by atoms with Crippen molar-refractivity contribution in [1.29, 1.82) is 0 Å². The largest absolute Gasteiger partial charge is 0.162 e. The highest BCUT2D eigenvalue weighted by atomic mass is 34.0. The molecule has 0 aliphatic heterocycles. The molecule has 0 heterocycles. The zero-order chi connectivity index (χ0) is 48.7. The Morgan fingerprint density at radius 3 is 1.01 bits per heavy atom. The number of hydrogen-bond donors (Lipinski definition) is 1. The van der Waals surface area contributed by atoms with E-state index in [0.717, 1.165) is 5.08 Å². The molecule has 410 valence electrons. The fourth-order valence-corrected chi connectivity index (χ4v) is 47.5. The Hall–Kier alpha value is 9.80. The van der Waals surface area contributed by atoms with Gasteiger partial charge in [-0.05, 0) is 148 Å². The molecule has 0 N–H and O–H groups in total. The standard InChI is InChI=1S/C40H82S28/c1-2-42-22-17-27-50-59-39-57-48-25-15-11-7-3-5-9-13-20-43-23-19-29-54-62-55-37-36-53-52-34-32-46-31-30-45-24-18-28-51-60-40-58-49-26-16-12-8-4-6-10-14-21-44-33-35-56-63-65-67-68-66-64-61-38-47-41/h41H,2-40H2,1H3. The van der Waals surface area contributed by atoms with Crippen molar-refractivity contribution in [2.75, 3.05) is 125 Å². The number of thioether (sulfide) groups is 5. The predicted molar refractivity (Wildman–Crippen MR) is 405 cm³/mol. The zero-order valence-electron chi connectivity index (χ0n) is 40.0. The van der Waals surface area contributed by atoms with Crippen molar-refractivity contribution in [3.8, 4) is 0 Å². The van der Waals surface area contributed by atoms with Gasteiger partial charge in [0, 0.05) is 74.8 Å². The maximum absolute atomic E-state index is 4.15. The Bertz CT molecular complexity index is 798. The topological polar surface area (TPSA) is 0 Å². The Balaban J connectivity index is 3.07. The smallest absolute Gasteiger partial charge is 0.0606 e. The van der Waals surface area contributed by atoms with Crippen LogP contribution in [0, 0.1) is 0 Å². The summed E-state index contributed by atoms with van der Waals surface area (Å²) >= 11 is 14.9. The third-order valence-electron chi connectivity index (χ3n) is 8.07. The molecule has 0 aromatic heterocycles. The lowest BCUT2D eigenvalue weighted by Crippen LogP contribution is -1.91. The van der Waals surface area contributed by atoms with Crippen LogP contribution in [0.3, 0.4) is 0 Å². The van der Waals surface area contributed by atoms with Crippen LogP contribution in [0.1, 0.15) is 116 Å². The lowest BCUT2D eigenvalue weighted by atomic mass is 10.1. The molecule has 0 aromatic rings. The van der Waals surface area contributed by atoms with Gasteiger partial charge in [-0.15, -0.1) is 11.7 Å². The molecule has 0 nitrogen and oxygen atoms in total. The van der Waals surface area contributed by atoms with E-state index in [1.54, 1.807) is 10.8 Å². The Kier molecular flexibility index (Phi) is 87.9. The number of hydrogen-bond acceptors (Lipinski definition) is 28. The quantitative estimate of drug-likeness (QED) is 0.0266. The SMILES string of the molecule is CCSCCCSSCSSCCCCCCCCCSCCCSSSCCSSCCSCCSCCCSSCSSCCCCCCCCCSCCSSSSSSSSCSS. The van der Waals surface area contributed by atoms with Crippen molar-refractivity contribution in [3.05, 3.63) is 0 Å². The summed E-state index contributed by atoms with van der Waals surface area (Å²) in [5.41, 5.74) is 0. The van der Waals surface area contributed by atoms with Gasteiger partial charge in [-0.1, -0.05) is 233 Å². The summed E-state index contributed by atoms with van der Waals surface area (Å²) in [4.78, 5) is 0. The van der Waals surface area contributed by atoms with Gasteiger partial charge < -0.3 is 0 Å². The van der Waals surface area contributed by atoms with E-state index in [1.807, 2.05) is 90.4 Å². The fourth-order valence-electron chi connectivity index (χ4n) is 4.87. The molecule has 0 amide bonds. The molecular formula is C40H82S28. The predicted octanol–water partition coefficient (Wildman–Crippen LogP) is 26.0. The van der Waals surface area contributed by atoms with Gasteiger partial charge >= 0.3 is 0 Å². The minimum absolute atomic E-state index is 1.04. The molecule has 0 saturated carbocycles. The number of thiol groups is 1. The van der Waals surface area contributed by atoms with Crippen LogP contribution in [-0.4, -0.2) is 125 Å². The summed E-state index contributed by atoms with van der Waals surface area (Å²) in [7, 11) is 43.6. The van der Waals surface area contributed by atoms with Gasteiger partial charge in [0.2, 0.25) is 0 Å². The van der Waals surface area contributed by atoms with Crippen molar-refractivity contribution in [1.82, 2.24) is 0 Å². The van der Waals surface area contributed by atoms with Gasteiger partial charge in [-0.3, -0.25) is 0 Å². The third kappa shape index (κ3) is 75.8. The van der Waals surface area contributed by atoms with Crippen molar-refractivity contribution >= 4 is 301 Å². The van der Waals surface area contributed by atoms with Gasteiger partial charge in [-0.2, -0.15) is 58.8 Å². The first kappa shape index (κ1) is 77.8. The first-order valence-electron chi connectivity index (χ1n) is 23.4. The molecule has 0 atom stereocenters. The van der Waals surface area contributed by atoms with Crippen molar-refractivity contribution < 1.29 is 0 Å². The van der Waals surface area contributed by atoms with E-state index in [1.165, 1.54) is 229 Å². The molecule has 28 heteroatoms. The molecule has 0 unspecified atom stereocenters. The van der Waals surface area contributed by atoms with Gasteiger partial charge in [0.1, 0.15) is 0 Å². The maximum Gasteiger partial charge on any atom is 0.0606 e. The van der Waals surface area contributed by atoms with E-state index in [0.29, 0.717) is 0 Å². The first-order valence-corrected chi connectivity index (χ1v) is 58.0. The van der Waals surface area contributed by atoms with Crippen LogP contribution in [0.25, 0.3) is 0 Å². The van der Waals surface area contributed by atoms with E-state index in [2.05, 4.69) is 207 Å². The molecule has 0 fully saturated rings. The Labute approximate surface area is 532 Å². The van der Waals surface area contributed by atoms with E-state index in [9.17, 15) is 0 Å². The highest BCUT2D eigenvalue weighted by molar-refractivity contribution is 9.48. The summed E-state index contributed by atoms with van der Waals surface area (Å²) in [6.07, 6.45) is 24.1. The number of rotatable bonds is 65. The monoisotopic (exact) mass is 1460 g/mol. The van der Waals surface area contributed by atoms with Crippen molar-refractivity contribution in [2.45, 2.75) is 116 Å². The van der Waals surface area contributed by atoms with Crippen LogP contribution in [0.5, 0.6) is 0 Å². The van der Waals surface area contributed by atoms with Crippen molar-refractivity contribution in [3.63, 3.8) is 0 Å². The fraction of sp³-hybridized carbons (Fsp3) is 1.00. The molecule has 0 saturated heterocycles. The normalized spacial score (nSPS) is 11.7. The lowest BCUT2D eigenvalue weighted by molar-refractivity contribution is 0.605. The minimum Gasteiger partial charge on any atom is -0.162 e. The second kappa shape index (κ2) is 76.8. The highest BCUT2D eigenvalue weighted by Gasteiger charge is 2.02. The number of unbranched alkanes of at least 4 members (excludes halogenated alkanes) is 12. The van der Waals surface area contributed by atoms with E-state index < -0.39 is 0 Å². The van der Waals surface area contributed by atoms with Crippen molar-refractivity contribution in [2.24, 2.45) is 0 Å². The van der Waals surface area contributed by atoms with Crippen LogP contribution >= 0.6 is 301 Å². The zero-order valence-corrected chi connectivity index (χ0v) is 63.0. The Morgan fingerprint density at radius 1 is 0.206 bits per heavy atom. The van der Waals surface area contributed by atoms with E-state index in [4.69, 9.17) is 0 Å². The van der Waals surface area contributed by atoms with E-state index in [-0.39, 0.29) is 0 Å². The summed E-state index contributed by atoms with van der Waals surface area (Å²) in [5, 5.41) is 3.50. The molecule has 68 heavy (non-hydrogen) atoms. The average molecular weight is 1460 g/mol.